The number of aromatic nitrogens is 2. The van der Waals surface area contributed by atoms with Crippen molar-refractivity contribution in [2.24, 2.45) is 0 Å². The molecule has 0 bridgehead atoms. The van der Waals surface area contributed by atoms with Crippen LogP contribution in [-0.4, -0.2) is 46.3 Å². The van der Waals surface area contributed by atoms with Crippen LogP contribution in [0, 0.1) is 12.7 Å². The van der Waals surface area contributed by atoms with Gasteiger partial charge in [0.05, 0.1) is 11.6 Å². The van der Waals surface area contributed by atoms with Gasteiger partial charge in [-0.1, -0.05) is 0 Å². The van der Waals surface area contributed by atoms with Gasteiger partial charge < -0.3 is 14.6 Å². The van der Waals surface area contributed by atoms with Crippen molar-refractivity contribution in [3.63, 3.8) is 0 Å². The summed E-state index contributed by atoms with van der Waals surface area (Å²) in [6, 6.07) is 4.17. The second-order valence-corrected chi connectivity index (χ2v) is 8.09. The van der Waals surface area contributed by atoms with Crippen LogP contribution < -0.4 is 5.69 Å². The van der Waals surface area contributed by atoms with Crippen molar-refractivity contribution in [2.75, 3.05) is 19.7 Å². The van der Waals surface area contributed by atoms with Crippen molar-refractivity contribution >= 4 is 23.4 Å². The van der Waals surface area contributed by atoms with Gasteiger partial charge in [0.2, 0.25) is 0 Å². The zero-order valence-corrected chi connectivity index (χ0v) is 17.6. The second-order valence-electron chi connectivity index (χ2n) is 8.09. The van der Waals surface area contributed by atoms with Crippen LogP contribution in [0.15, 0.2) is 16.9 Å². The van der Waals surface area contributed by atoms with Crippen LogP contribution in [0.2, 0.25) is 0 Å². The number of nitrogens with one attached hydrogen (secondary N) is 1. The number of benzene rings is 1. The molecule has 0 radical (unpaired) electrons. The van der Waals surface area contributed by atoms with Gasteiger partial charge in [0.1, 0.15) is 11.3 Å². The molecule has 1 aromatic carbocycles. The topological polar surface area (TPSA) is 50.3 Å². The summed E-state index contributed by atoms with van der Waals surface area (Å²) in [6.45, 7) is 6.74. The number of H-pyrrole nitrogens is 1. The number of piperidine rings is 1. The minimum Gasteiger partial charge on any atom is -0.379 e. The fraction of sp³-hybridized carbons (Fsp3) is 0.667. The maximum absolute atomic E-state index is 14.2. The lowest BCUT2D eigenvalue weighted by atomic mass is 9.90. The number of aryl methyl sites for hydroxylation is 1. The standard InChI is InChI=1S/C21H30FN3O2.ClH/c1-3-27-17-6-4-15(5-7-17)24-10-8-16(9-11-24)25-19-13-14(2)12-18(22)20(19)23-21(25)26;/h12-13,15-17H,3-11H2,1-2H3,(H,23,26);1H. The summed E-state index contributed by atoms with van der Waals surface area (Å²) in [6.07, 6.45) is 7.02. The molecule has 2 aliphatic rings. The SMILES string of the molecule is CCOC1CCC(N2CCC(n3c(=O)[nH]c4c(F)cc(C)cc43)CC2)CC1.Cl. The molecule has 1 N–H and O–H groups in total. The van der Waals surface area contributed by atoms with Crippen molar-refractivity contribution in [3.05, 3.63) is 34.0 Å². The zero-order chi connectivity index (χ0) is 19.0. The van der Waals surface area contributed by atoms with Gasteiger partial charge in [0, 0.05) is 31.8 Å². The Balaban J connectivity index is 0.00000225. The molecule has 2 aromatic rings. The molecular formula is C21H31ClFN3O2. The van der Waals surface area contributed by atoms with E-state index in [1.54, 1.807) is 4.57 Å². The molecule has 156 valence electrons. The van der Waals surface area contributed by atoms with Gasteiger partial charge in [-0.15, -0.1) is 12.4 Å². The summed E-state index contributed by atoms with van der Waals surface area (Å²) < 4.78 is 21.8. The van der Waals surface area contributed by atoms with E-state index in [1.807, 2.05) is 13.0 Å². The first-order chi connectivity index (χ1) is 13.1. The number of rotatable bonds is 4. The molecular weight excluding hydrogens is 381 g/mol. The number of imidazole rings is 1. The Bertz CT molecular complexity index is 849. The predicted octanol–water partition coefficient (Wildman–Crippen LogP) is 4.18. The van der Waals surface area contributed by atoms with Gasteiger partial charge in [-0.3, -0.25) is 4.57 Å². The molecule has 1 saturated carbocycles. The van der Waals surface area contributed by atoms with E-state index in [9.17, 15) is 9.18 Å². The zero-order valence-electron chi connectivity index (χ0n) is 16.7. The highest BCUT2D eigenvalue weighted by Crippen LogP contribution is 2.31. The average Bonchev–Trinajstić information content (AvgIpc) is 2.99. The van der Waals surface area contributed by atoms with Gasteiger partial charge >= 0.3 is 5.69 Å². The monoisotopic (exact) mass is 411 g/mol. The smallest absolute Gasteiger partial charge is 0.326 e. The molecule has 0 unspecified atom stereocenters. The number of hydrogen-bond donors (Lipinski definition) is 1. The molecule has 7 heteroatoms. The summed E-state index contributed by atoms with van der Waals surface area (Å²) in [5.41, 5.74) is 1.69. The minimum atomic E-state index is -0.343. The third-order valence-corrected chi connectivity index (χ3v) is 6.35. The summed E-state index contributed by atoms with van der Waals surface area (Å²) in [5.74, 6) is -0.343. The maximum atomic E-state index is 14.2. The van der Waals surface area contributed by atoms with Crippen molar-refractivity contribution in [2.45, 2.75) is 70.6 Å². The highest BCUT2D eigenvalue weighted by Gasteiger charge is 2.30. The first-order valence-corrected chi connectivity index (χ1v) is 10.3. The molecule has 1 saturated heterocycles. The third kappa shape index (κ3) is 4.14. The normalized spacial score (nSPS) is 24.4. The van der Waals surface area contributed by atoms with Gasteiger partial charge in [0.15, 0.2) is 0 Å². The lowest BCUT2D eigenvalue weighted by molar-refractivity contribution is 0.00796. The van der Waals surface area contributed by atoms with Gasteiger partial charge in [-0.2, -0.15) is 0 Å². The van der Waals surface area contributed by atoms with Gasteiger partial charge in [0.25, 0.3) is 0 Å². The van der Waals surface area contributed by atoms with Crippen molar-refractivity contribution < 1.29 is 9.13 Å². The van der Waals surface area contributed by atoms with Crippen LogP contribution in [0.5, 0.6) is 0 Å². The van der Waals surface area contributed by atoms with Gasteiger partial charge in [-0.05, 0) is 70.1 Å². The van der Waals surface area contributed by atoms with Crippen LogP contribution in [0.3, 0.4) is 0 Å². The number of likely N-dealkylation sites (tertiary alicyclic amines) is 1. The molecule has 1 aromatic heterocycles. The second kappa shape index (κ2) is 8.97. The predicted molar refractivity (Wildman–Crippen MR) is 112 cm³/mol. The third-order valence-electron chi connectivity index (χ3n) is 6.35. The summed E-state index contributed by atoms with van der Waals surface area (Å²) >= 11 is 0. The summed E-state index contributed by atoms with van der Waals surface area (Å²) in [7, 11) is 0. The molecule has 0 amide bonds. The number of nitrogens with zero attached hydrogens (tertiary/aromatic N) is 2. The van der Waals surface area contributed by atoms with E-state index in [2.05, 4.69) is 16.8 Å². The Morgan fingerprint density at radius 3 is 2.43 bits per heavy atom. The van der Waals surface area contributed by atoms with E-state index < -0.39 is 0 Å². The van der Waals surface area contributed by atoms with E-state index >= 15 is 0 Å². The van der Waals surface area contributed by atoms with E-state index in [0.29, 0.717) is 23.2 Å². The minimum absolute atomic E-state index is 0. The summed E-state index contributed by atoms with van der Waals surface area (Å²) in [5, 5.41) is 0. The Kier molecular flexibility index (Phi) is 6.84. The lowest BCUT2D eigenvalue weighted by Crippen LogP contribution is -2.45. The van der Waals surface area contributed by atoms with Gasteiger partial charge in [-0.25, -0.2) is 9.18 Å². The van der Waals surface area contributed by atoms with E-state index in [4.69, 9.17) is 4.74 Å². The molecule has 1 aliphatic heterocycles. The maximum Gasteiger partial charge on any atom is 0.326 e. The molecule has 2 fully saturated rings. The molecule has 2 heterocycles. The lowest BCUT2D eigenvalue weighted by Gasteiger charge is -2.40. The highest BCUT2D eigenvalue weighted by atomic mass is 35.5. The van der Waals surface area contributed by atoms with Crippen LogP contribution in [0.25, 0.3) is 11.0 Å². The Morgan fingerprint density at radius 2 is 1.79 bits per heavy atom. The van der Waals surface area contributed by atoms with E-state index in [0.717, 1.165) is 50.9 Å². The number of ether oxygens (including phenoxy) is 1. The molecule has 0 spiro atoms. The highest BCUT2D eigenvalue weighted by molar-refractivity contribution is 5.85. The van der Waals surface area contributed by atoms with E-state index in [1.165, 1.54) is 18.9 Å². The summed E-state index contributed by atoms with van der Waals surface area (Å²) in [4.78, 5) is 17.8. The van der Waals surface area contributed by atoms with Crippen LogP contribution in [-0.2, 0) is 4.74 Å². The van der Waals surface area contributed by atoms with Crippen LogP contribution in [0.1, 0.15) is 57.1 Å². The van der Waals surface area contributed by atoms with Crippen LogP contribution in [0.4, 0.5) is 4.39 Å². The number of halogens is 2. The molecule has 1 aliphatic carbocycles. The number of fused-ring (bicyclic) bond motifs is 1. The Labute approximate surface area is 171 Å². The average molecular weight is 412 g/mol. The number of hydrogen-bond acceptors (Lipinski definition) is 3. The quantitative estimate of drug-likeness (QED) is 0.820. The Hall–Kier alpha value is -1.37. The molecule has 0 atom stereocenters. The fourth-order valence-electron chi connectivity index (χ4n) is 5.00. The first kappa shape index (κ1) is 21.3. The molecule has 4 rings (SSSR count). The Morgan fingerprint density at radius 1 is 1.11 bits per heavy atom. The number of aromatic amines is 1. The van der Waals surface area contributed by atoms with Crippen molar-refractivity contribution in [1.82, 2.24) is 14.5 Å². The molecule has 5 nitrogen and oxygen atoms in total. The van der Waals surface area contributed by atoms with Crippen molar-refractivity contribution in [3.8, 4) is 0 Å². The largest absolute Gasteiger partial charge is 0.379 e. The van der Waals surface area contributed by atoms with E-state index in [-0.39, 0.29) is 30.0 Å². The fourth-order valence-corrected chi connectivity index (χ4v) is 5.00. The van der Waals surface area contributed by atoms with Crippen LogP contribution >= 0.6 is 12.4 Å². The van der Waals surface area contributed by atoms with Crippen molar-refractivity contribution in [1.29, 1.82) is 0 Å². The molecule has 28 heavy (non-hydrogen) atoms. The first-order valence-electron chi connectivity index (χ1n) is 10.3.